The van der Waals surface area contributed by atoms with Crippen molar-refractivity contribution in [1.29, 1.82) is 0 Å². The molecule has 1 unspecified atom stereocenters. The fraction of sp³-hybridized carbons (Fsp3) is 0.636. The highest BCUT2D eigenvalue weighted by atomic mass is 14.2. The van der Waals surface area contributed by atoms with Crippen LogP contribution in [0.25, 0.3) is 0 Å². The highest BCUT2D eigenvalue weighted by Crippen LogP contribution is 2.34. The molecular formula is C11H16. The molecule has 2 rings (SSSR count). The van der Waals surface area contributed by atoms with Gasteiger partial charge in [-0.15, -0.1) is 0 Å². The Morgan fingerprint density at radius 2 is 2.27 bits per heavy atom. The van der Waals surface area contributed by atoms with E-state index in [1.165, 1.54) is 32.1 Å². The molecule has 0 bridgehead atoms. The molecule has 0 nitrogen and oxygen atoms in total. The van der Waals surface area contributed by atoms with E-state index < -0.39 is 0 Å². The molecule has 0 aliphatic heterocycles. The van der Waals surface area contributed by atoms with Gasteiger partial charge in [-0.1, -0.05) is 23.3 Å². The molecule has 11 heavy (non-hydrogen) atoms. The lowest BCUT2D eigenvalue weighted by Crippen LogP contribution is -2.10. The van der Waals surface area contributed by atoms with Crippen LogP contribution in [0.2, 0.25) is 0 Å². The summed E-state index contributed by atoms with van der Waals surface area (Å²) in [6.07, 6.45) is 11.7. The summed E-state index contributed by atoms with van der Waals surface area (Å²) in [5, 5.41) is 0. The molecule has 0 spiro atoms. The first kappa shape index (κ1) is 7.15. The van der Waals surface area contributed by atoms with Crippen molar-refractivity contribution < 1.29 is 0 Å². The zero-order valence-electron chi connectivity index (χ0n) is 7.27. The lowest BCUT2D eigenvalue weighted by atomic mass is 9.80. The largest absolute Gasteiger partial charge is 0.0847 e. The summed E-state index contributed by atoms with van der Waals surface area (Å²) in [4.78, 5) is 0. The first-order chi connectivity index (χ1) is 5.36. The van der Waals surface area contributed by atoms with Crippen LogP contribution in [-0.4, -0.2) is 0 Å². The van der Waals surface area contributed by atoms with Gasteiger partial charge in [-0.25, -0.2) is 0 Å². The fourth-order valence-electron chi connectivity index (χ4n) is 2.21. The normalized spacial score (nSPS) is 30.5. The molecule has 0 saturated carbocycles. The standard InChI is InChI=1S/C11H16/c1-9-6-7-10-4-2-3-5-11(10)8-9/h4,8,11H,2-3,5-7H2,1H3. The topological polar surface area (TPSA) is 0 Å². The number of allylic oxidation sites excluding steroid dienone is 4. The van der Waals surface area contributed by atoms with Crippen LogP contribution in [0.15, 0.2) is 23.3 Å². The van der Waals surface area contributed by atoms with Gasteiger partial charge >= 0.3 is 0 Å². The molecule has 1 atom stereocenters. The van der Waals surface area contributed by atoms with Crippen LogP contribution < -0.4 is 0 Å². The van der Waals surface area contributed by atoms with E-state index in [1.54, 1.807) is 11.1 Å². The minimum Gasteiger partial charge on any atom is -0.0847 e. The van der Waals surface area contributed by atoms with Gasteiger partial charge in [0.2, 0.25) is 0 Å². The van der Waals surface area contributed by atoms with E-state index >= 15 is 0 Å². The summed E-state index contributed by atoms with van der Waals surface area (Å²) >= 11 is 0. The Morgan fingerprint density at radius 1 is 1.36 bits per heavy atom. The maximum Gasteiger partial charge on any atom is -0.00205 e. The van der Waals surface area contributed by atoms with Crippen LogP contribution in [-0.2, 0) is 0 Å². The Bertz CT molecular complexity index is 208. The highest BCUT2D eigenvalue weighted by molar-refractivity contribution is 5.23. The summed E-state index contributed by atoms with van der Waals surface area (Å²) < 4.78 is 0. The Labute approximate surface area is 69.0 Å². The number of rotatable bonds is 0. The van der Waals surface area contributed by atoms with Gasteiger partial charge < -0.3 is 0 Å². The van der Waals surface area contributed by atoms with Crippen LogP contribution in [0, 0.1) is 5.92 Å². The number of hydrogen-bond donors (Lipinski definition) is 0. The molecule has 0 aromatic rings. The third kappa shape index (κ3) is 1.40. The van der Waals surface area contributed by atoms with Crippen LogP contribution in [0.3, 0.4) is 0 Å². The zero-order chi connectivity index (χ0) is 7.68. The van der Waals surface area contributed by atoms with Gasteiger partial charge in [-0.3, -0.25) is 0 Å². The van der Waals surface area contributed by atoms with Gasteiger partial charge in [0.25, 0.3) is 0 Å². The Hall–Kier alpha value is -0.520. The Morgan fingerprint density at radius 3 is 3.18 bits per heavy atom. The van der Waals surface area contributed by atoms with Crippen molar-refractivity contribution >= 4 is 0 Å². The van der Waals surface area contributed by atoms with Crippen molar-refractivity contribution in [2.45, 2.75) is 39.0 Å². The second kappa shape index (κ2) is 2.84. The Balaban J connectivity index is 2.21. The van der Waals surface area contributed by atoms with E-state index in [0.29, 0.717) is 0 Å². The van der Waals surface area contributed by atoms with E-state index in [-0.39, 0.29) is 0 Å². The lowest BCUT2D eigenvalue weighted by molar-refractivity contribution is 0.554. The van der Waals surface area contributed by atoms with Crippen molar-refractivity contribution in [3.8, 4) is 0 Å². The molecule has 60 valence electrons. The monoisotopic (exact) mass is 148 g/mol. The van der Waals surface area contributed by atoms with Gasteiger partial charge in [-0.2, -0.15) is 0 Å². The third-order valence-electron chi connectivity index (χ3n) is 2.90. The summed E-state index contributed by atoms with van der Waals surface area (Å²) in [6, 6.07) is 0. The molecule has 0 N–H and O–H groups in total. The second-order valence-electron chi connectivity index (χ2n) is 3.83. The smallest absolute Gasteiger partial charge is 0.00205 e. The first-order valence-electron chi connectivity index (χ1n) is 4.72. The summed E-state index contributed by atoms with van der Waals surface area (Å²) in [7, 11) is 0. The minimum atomic E-state index is 0.831. The van der Waals surface area contributed by atoms with E-state index in [4.69, 9.17) is 0 Å². The van der Waals surface area contributed by atoms with Crippen molar-refractivity contribution in [2.75, 3.05) is 0 Å². The first-order valence-corrected chi connectivity index (χ1v) is 4.72. The minimum absolute atomic E-state index is 0.831. The molecule has 0 heterocycles. The molecule has 0 amide bonds. The number of fused-ring (bicyclic) bond motifs is 1. The average molecular weight is 148 g/mol. The van der Waals surface area contributed by atoms with Crippen LogP contribution in [0.4, 0.5) is 0 Å². The summed E-state index contributed by atoms with van der Waals surface area (Å²) in [5.74, 6) is 0.831. The molecule has 0 aromatic carbocycles. The fourth-order valence-corrected chi connectivity index (χ4v) is 2.21. The predicted octanol–water partition coefficient (Wildman–Crippen LogP) is 3.45. The van der Waals surface area contributed by atoms with Crippen molar-refractivity contribution in [3.63, 3.8) is 0 Å². The summed E-state index contributed by atoms with van der Waals surface area (Å²) in [5.41, 5.74) is 3.33. The van der Waals surface area contributed by atoms with Gasteiger partial charge in [0.05, 0.1) is 0 Å². The molecule has 0 radical (unpaired) electrons. The van der Waals surface area contributed by atoms with Gasteiger partial charge in [0.1, 0.15) is 0 Å². The van der Waals surface area contributed by atoms with Gasteiger partial charge in [-0.05, 0) is 44.9 Å². The highest BCUT2D eigenvalue weighted by Gasteiger charge is 2.18. The third-order valence-corrected chi connectivity index (χ3v) is 2.90. The zero-order valence-corrected chi connectivity index (χ0v) is 7.27. The van der Waals surface area contributed by atoms with Gasteiger partial charge in [0, 0.05) is 0 Å². The molecule has 0 saturated heterocycles. The maximum absolute atomic E-state index is 2.48. The molecule has 2 aliphatic rings. The molecule has 2 aliphatic carbocycles. The van der Waals surface area contributed by atoms with Crippen LogP contribution >= 0.6 is 0 Å². The van der Waals surface area contributed by atoms with E-state index in [0.717, 1.165) is 5.92 Å². The quantitative estimate of drug-likeness (QED) is 0.461. The van der Waals surface area contributed by atoms with E-state index in [2.05, 4.69) is 19.1 Å². The van der Waals surface area contributed by atoms with Crippen molar-refractivity contribution in [1.82, 2.24) is 0 Å². The Kier molecular flexibility index (Phi) is 1.85. The van der Waals surface area contributed by atoms with Crippen molar-refractivity contribution in [3.05, 3.63) is 23.3 Å². The SMILES string of the molecule is CC1=CC2CCCC=C2CC1. The number of hydrogen-bond acceptors (Lipinski definition) is 0. The predicted molar refractivity (Wildman–Crippen MR) is 48.4 cm³/mol. The lowest BCUT2D eigenvalue weighted by Gasteiger charge is -2.26. The molecule has 0 heteroatoms. The molecule has 0 fully saturated rings. The second-order valence-corrected chi connectivity index (χ2v) is 3.83. The maximum atomic E-state index is 2.48. The molecule has 0 aromatic heterocycles. The van der Waals surface area contributed by atoms with Crippen molar-refractivity contribution in [2.24, 2.45) is 5.92 Å². The van der Waals surface area contributed by atoms with Crippen LogP contribution in [0.1, 0.15) is 39.0 Å². The van der Waals surface area contributed by atoms with Crippen LogP contribution in [0.5, 0.6) is 0 Å². The van der Waals surface area contributed by atoms with E-state index in [1.807, 2.05) is 0 Å². The van der Waals surface area contributed by atoms with E-state index in [9.17, 15) is 0 Å². The summed E-state index contributed by atoms with van der Waals surface area (Å²) in [6.45, 7) is 2.27. The average Bonchev–Trinajstić information content (AvgIpc) is 2.04. The molecular weight excluding hydrogens is 132 g/mol. The van der Waals surface area contributed by atoms with Gasteiger partial charge in [0.15, 0.2) is 0 Å².